The normalized spacial score (nSPS) is 32.9. The van der Waals surface area contributed by atoms with Gasteiger partial charge >= 0.3 is 0 Å². The van der Waals surface area contributed by atoms with Gasteiger partial charge in [0.05, 0.1) is 6.10 Å². The number of hydrogen-bond donors (Lipinski definition) is 1. The third kappa shape index (κ3) is 2.85. The zero-order valence-corrected chi connectivity index (χ0v) is 11.5. The lowest BCUT2D eigenvalue weighted by Gasteiger charge is -2.43. The molecule has 2 nitrogen and oxygen atoms in total. The maximum Gasteiger partial charge on any atom is 0.136 e. The smallest absolute Gasteiger partial charge is 0.136 e. The van der Waals surface area contributed by atoms with Crippen LogP contribution in [-0.4, -0.2) is 17.0 Å². The second-order valence-electron chi connectivity index (χ2n) is 7.36. The molecule has 1 fully saturated rings. The summed E-state index contributed by atoms with van der Waals surface area (Å²) >= 11 is 0. The van der Waals surface area contributed by atoms with Gasteiger partial charge in [-0.2, -0.15) is 0 Å². The van der Waals surface area contributed by atoms with E-state index in [9.17, 15) is 9.90 Å². The van der Waals surface area contributed by atoms with Crippen LogP contribution in [0.5, 0.6) is 0 Å². The maximum atomic E-state index is 12.1. The number of carbonyl (C=O) groups is 1. The van der Waals surface area contributed by atoms with Crippen LogP contribution in [0.3, 0.4) is 0 Å². The predicted molar refractivity (Wildman–Crippen MR) is 66.1 cm³/mol. The summed E-state index contributed by atoms with van der Waals surface area (Å²) < 4.78 is 0. The largest absolute Gasteiger partial charge is 0.393 e. The van der Waals surface area contributed by atoms with E-state index in [1.165, 1.54) is 0 Å². The summed E-state index contributed by atoms with van der Waals surface area (Å²) in [5.41, 5.74) is -0.0150. The van der Waals surface area contributed by atoms with Crippen molar-refractivity contribution in [2.75, 3.05) is 0 Å². The van der Waals surface area contributed by atoms with Crippen molar-refractivity contribution >= 4 is 5.78 Å². The first-order valence-corrected chi connectivity index (χ1v) is 6.24. The van der Waals surface area contributed by atoms with Crippen molar-refractivity contribution < 1.29 is 9.90 Å². The quantitative estimate of drug-likeness (QED) is 0.689. The average molecular weight is 226 g/mol. The van der Waals surface area contributed by atoms with Crippen molar-refractivity contribution in [3.05, 3.63) is 0 Å². The molecule has 0 amide bonds. The van der Waals surface area contributed by atoms with Crippen LogP contribution in [0.15, 0.2) is 0 Å². The van der Waals surface area contributed by atoms with E-state index in [0.717, 1.165) is 0 Å². The molecule has 0 radical (unpaired) electrons. The summed E-state index contributed by atoms with van der Waals surface area (Å²) in [7, 11) is 0. The number of hydrogen-bond acceptors (Lipinski definition) is 2. The Bertz CT molecular complexity index is 267. The predicted octanol–water partition coefficient (Wildman–Crippen LogP) is 3.03. The van der Waals surface area contributed by atoms with Gasteiger partial charge in [-0.3, -0.25) is 4.79 Å². The Labute approximate surface area is 99.4 Å². The Morgan fingerprint density at radius 3 is 1.94 bits per heavy atom. The van der Waals surface area contributed by atoms with Gasteiger partial charge in [0.25, 0.3) is 0 Å². The zero-order chi connectivity index (χ0) is 12.7. The molecular weight excluding hydrogens is 200 g/mol. The minimum absolute atomic E-state index is 0.0118. The van der Waals surface area contributed by atoms with E-state index in [2.05, 4.69) is 41.5 Å². The highest BCUT2D eigenvalue weighted by Gasteiger charge is 2.44. The van der Waals surface area contributed by atoms with Crippen molar-refractivity contribution in [1.82, 2.24) is 0 Å². The molecule has 3 atom stereocenters. The van der Waals surface area contributed by atoms with Gasteiger partial charge in [0, 0.05) is 12.3 Å². The van der Waals surface area contributed by atoms with E-state index in [-0.39, 0.29) is 28.8 Å². The Balaban J connectivity index is 2.83. The molecule has 94 valence electrons. The molecule has 1 rings (SSSR count). The molecule has 1 aliphatic rings. The van der Waals surface area contributed by atoms with Crippen molar-refractivity contribution in [3.63, 3.8) is 0 Å². The third-order valence-corrected chi connectivity index (χ3v) is 3.91. The fourth-order valence-corrected chi connectivity index (χ4v) is 2.75. The second kappa shape index (κ2) is 4.14. The lowest BCUT2D eigenvalue weighted by molar-refractivity contribution is -0.138. The van der Waals surface area contributed by atoms with Crippen LogP contribution >= 0.6 is 0 Å². The molecule has 3 unspecified atom stereocenters. The standard InChI is InChI=1S/C14H26O2/c1-13(2,3)9-7-12(16)10(8-11(9)15)14(4,5)6/h9-11,15H,7-8H2,1-6H3. The minimum atomic E-state index is -0.332. The number of rotatable bonds is 0. The highest BCUT2D eigenvalue weighted by atomic mass is 16.3. The second-order valence-corrected chi connectivity index (χ2v) is 7.36. The van der Waals surface area contributed by atoms with Gasteiger partial charge in [-0.1, -0.05) is 41.5 Å². The van der Waals surface area contributed by atoms with Crippen LogP contribution in [0.1, 0.15) is 54.4 Å². The highest BCUT2D eigenvalue weighted by Crippen LogP contribution is 2.43. The molecule has 0 aromatic rings. The SMILES string of the molecule is CC(C)(C)C1CC(O)C(C(C)(C)C)CC1=O. The molecule has 0 heterocycles. The number of ketones is 1. The van der Waals surface area contributed by atoms with Crippen molar-refractivity contribution in [3.8, 4) is 0 Å². The van der Waals surface area contributed by atoms with Crippen molar-refractivity contribution in [1.29, 1.82) is 0 Å². The number of Topliss-reactive ketones (excluding diaryl/α,β-unsaturated/α-hetero) is 1. The molecule has 1 aliphatic carbocycles. The van der Waals surface area contributed by atoms with Crippen LogP contribution < -0.4 is 0 Å². The van der Waals surface area contributed by atoms with E-state index >= 15 is 0 Å². The van der Waals surface area contributed by atoms with Crippen molar-refractivity contribution in [2.45, 2.75) is 60.5 Å². The fourth-order valence-electron chi connectivity index (χ4n) is 2.75. The number of aliphatic hydroxyl groups is 1. The van der Waals surface area contributed by atoms with Gasteiger partial charge in [0.2, 0.25) is 0 Å². The third-order valence-electron chi connectivity index (χ3n) is 3.91. The summed E-state index contributed by atoms with van der Waals surface area (Å²) in [6, 6.07) is 0. The molecule has 16 heavy (non-hydrogen) atoms. The number of aliphatic hydroxyl groups excluding tert-OH is 1. The van der Waals surface area contributed by atoms with Crippen LogP contribution in [-0.2, 0) is 4.79 Å². The molecule has 2 heteroatoms. The Hall–Kier alpha value is -0.370. The van der Waals surface area contributed by atoms with Crippen LogP contribution in [0.4, 0.5) is 0 Å². The van der Waals surface area contributed by atoms with Gasteiger partial charge in [0.1, 0.15) is 5.78 Å². The fraction of sp³-hybridized carbons (Fsp3) is 0.929. The monoisotopic (exact) mass is 226 g/mol. The Morgan fingerprint density at radius 1 is 1.06 bits per heavy atom. The average Bonchev–Trinajstić information content (AvgIpc) is 2.04. The van der Waals surface area contributed by atoms with E-state index in [1.54, 1.807) is 0 Å². The highest BCUT2D eigenvalue weighted by molar-refractivity contribution is 5.83. The minimum Gasteiger partial charge on any atom is -0.393 e. The summed E-state index contributed by atoms with van der Waals surface area (Å²) in [6.07, 6.45) is 0.832. The van der Waals surface area contributed by atoms with Gasteiger partial charge in [-0.15, -0.1) is 0 Å². The molecule has 0 spiro atoms. The van der Waals surface area contributed by atoms with Gasteiger partial charge in [-0.05, 0) is 23.2 Å². The zero-order valence-electron chi connectivity index (χ0n) is 11.5. The van der Waals surface area contributed by atoms with E-state index in [4.69, 9.17) is 0 Å². The summed E-state index contributed by atoms with van der Waals surface area (Å²) in [6.45, 7) is 12.6. The number of carbonyl (C=O) groups excluding carboxylic acids is 1. The van der Waals surface area contributed by atoms with Crippen LogP contribution in [0.25, 0.3) is 0 Å². The van der Waals surface area contributed by atoms with Gasteiger partial charge in [0.15, 0.2) is 0 Å². The lowest BCUT2D eigenvalue weighted by Crippen LogP contribution is -2.45. The first-order chi connectivity index (χ1) is 7.03. The molecule has 0 bridgehead atoms. The van der Waals surface area contributed by atoms with Gasteiger partial charge < -0.3 is 5.11 Å². The molecule has 0 aliphatic heterocycles. The summed E-state index contributed by atoms with van der Waals surface area (Å²) in [4.78, 5) is 12.1. The van der Waals surface area contributed by atoms with Crippen LogP contribution in [0.2, 0.25) is 0 Å². The molecule has 0 aromatic heterocycles. The Morgan fingerprint density at radius 2 is 1.56 bits per heavy atom. The Kier molecular flexibility index (Phi) is 3.54. The first-order valence-electron chi connectivity index (χ1n) is 6.24. The van der Waals surface area contributed by atoms with Crippen LogP contribution in [0, 0.1) is 22.7 Å². The molecule has 0 aromatic carbocycles. The molecule has 1 saturated carbocycles. The lowest BCUT2D eigenvalue weighted by atomic mass is 9.62. The molecule has 1 N–H and O–H groups in total. The summed E-state index contributed by atoms with van der Waals surface area (Å²) in [5, 5.41) is 10.2. The van der Waals surface area contributed by atoms with E-state index in [1.807, 2.05) is 0 Å². The topological polar surface area (TPSA) is 37.3 Å². The van der Waals surface area contributed by atoms with E-state index in [0.29, 0.717) is 18.6 Å². The van der Waals surface area contributed by atoms with Crippen molar-refractivity contribution in [2.24, 2.45) is 22.7 Å². The van der Waals surface area contributed by atoms with Gasteiger partial charge in [-0.25, -0.2) is 0 Å². The molecular formula is C14H26O2. The summed E-state index contributed by atoms with van der Waals surface area (Å²) in [5.74, 6) is 0.456. The first kappa shape index (κ1) is 13.7. The maximum absolute atomic E-state index is 12.1. The molecule has 0 saturated heterocycles. The van der Waals surface area contributed by atoms with E-state index < -0.39 is 0 Å².